The smallest absolute Gasteiger partial charge is 0.243 e. The highest BCUT2D eigenvalue weighted by molar-refractivity contribution is 6.07. The van der Waals surface area contributed by atoms with E-state index in [2.05, 4.69) is 42.0 Å². The number of aromatic amines is 1. The van der Waals surface area contributed by atoms with Crippen molar-refractivity contribution in [2.75, 3.05) is 6.54 Å². The molecule has 6 nitrogen and oxygen atoms in total. The van der Waals surface area contributed by atoms with Gasteiger partial charge in [0.2, 0.25) is 5.91 Å². The fraction of sp³-hybridized carbons (Fsp3) is 0.296. The number of hydrogen-bond acceptors (Lipinski definition) is 3. The van der Waals surface area contributed by atoms with Crippen molar-refractivity contribution in [2.45, 2.75) is 39.8 Å². The minimum atomic E-state index is -0.0832. The number of hydrogen-bond donors (Lipinski definition) is 1. The largest absolute Gasteiger partial charge is 0.340 e. The number of H-pyrrole nitrogens is 1. The van der Waals surface area contributed by atoms with E-state index in [9.17, 15) is 9.59 Å². The molecule has 1 saturated heterocycles. The third-order valence-corrected chi connectivity index (χ3v) is 6.54. The summed E-state index contributed by atoms with van der Waals surface area (Å²) < 4.78 is 1.90. The van der Waals surface area contributed by atoms with E-state index in [1.807, 2.05) is 52.2 Å². The van der Waals surface area contributed by atoms with E-state index in [1.54, 1.807) is 6.92 Å². The molecule has 0 spiro atoms. The summed E-state index contributed by atoms with van der Waals surface area (Å²) >= 11 is 0. The molecule has 0 aliphatic carbocycles. The van der Waals surface area contributed by atoms with Crippen molar-refractivity contribution in [3.63, 3.8) is 0 Å². The van der Waals surface area contributed by atoms with Crippen LogP contribution in [0.3, 0.4) is 0 Å². The second kappa shape index (κ2) is 8.35. The monoisotopic (exact) mass is 442 g/mol. The van der Waals surface area contributed by atoms with Gasteiger partial charge < -0.3 is 14.5 Å². The average molecular weight is 443 g/mol. The molecule has 3 heterocycles. The molecule has 0 radical (unpaired) electrons. The lowest BCUT2D eigenvalue weighted by atomic mass is 10.1. The number of Topliss-reactive ketones (excluding diaryl/α,β-unsaturated/α-hetero) is 1. The van der Waals surface area contributed by atoms with Gasteiger partial charge in [0.05, 0.1) is 17.9 Å². The van der Waals surface area contributed by atoms with Gasteiger partial charge in [-0.25, -0.2) is 4.98 Å². The standard InChI is InChI=1S/C27H28N4O2.H2/c1-17-7-6-8-20(11-17)23-13-28-27(29-23)25-12-18(2)14-31(25)26(33)16-30-15-22(19(3)32)21-9-4-5-10-24(21)30;/h4-11,13,15,18,25H,12,14,16H2,1-3H3,(H,28,29);1H/t18?,25-;/m0./s1. The van der Waals surface area contributed by atoms with Crippen LogP contribution < -0.4 is 0 Å². The number of aryl methyl sites for hydroxylation is 1. The molecule has 6 heteroatoms. The Hall–Kier alpha value is -3.67. The van der Waals surface area contributed by atoms with E-state index in [4.69, 9.17) is 0 Å². The van der Waals surface area contributed by atoms with Crippen LogP contribution in [0.5, 0.6) is 0 Å². The molecule has 1 fully saturated rings. The lowest BCUT2D eigenvalue weighted by Crippen LogP contribution is -2.34. The molecule has 1 aliphatic heterocycles. The summed E-state index contributed by atoms with van der Waals surface area (Å²) in [4.78, 5) is 35.6. The summed E-state index contributed by atoms with van der Waals surface area (Å²) in [6.45, 7) is 6.70. The maximum absolute atomic E-state index is 13.5. The van der Waals surface area contributed by atoms with E-state index < -0.39 is 0 Å². The zero-order valence-electron chi connectivity index (χ0n) is 19.2. The Morgan fingerprint density at radius 2 is 2.00 bits per heavy atom. The van der Waals surface area contributed by atoms with Gasteiger partial charge in [-0.3, -0.25) is 9.59 Å². The van der Waals surface area contributed by atoms with Crippen molar-refractivity contribution >= 4 is 22.6 Å². The zero-order chi connectivity index (χ0) is 23.1. The Balaban J connectivity index is 0.00000274. The maximum atomic E-state index is 13.5. The summed E-state index contributed by atoms with van der Waals surface area (Å²) in [6, 6.07) is 16.0. The van der Waals surface area contributed by atoms with E-state index in [0.717, 1.165) is 34.4 Å². The highest BCUT2D eigenvalue weighted by atomic mass is 16.2. The number of carbonyl (C=O) groups is 2. The molecule has 2 atom stereocenters. The molecule has 0 saturated carbocycles. The number of ketones is 1. The number of likely N-dealkylation sites (tertiary alicyclic amines) is 1. The zero-order valence-corrected chi connectivity index (χ0v) is 19.2. The van der Waals surface area contributed by atoms with Gasteiger partial charge in [-0.05, 0) is 43.9 Å². The summed E-state index contributed by atoms with van der Waals surface area (Å²) in [7, 11) is 0. The Kier molecular flexibility index (Phi) is 5.36. The highest BCUT2D eigenvalue weighted by Crippen LogP contribution is 2.35. The summed E-state index contributed by atoms with van der Waals surface area (Å²) in [5.41, 5.74) is 4.80. The molecular weight excluding hydrogens is 412 g/mol. The SMILES string of the molecule is CC(=O)c1cn(CC(=O)N2CC(C)C[C@H]2c2ncc(-c3cccc(C)c3)[nH]2)c2ccccc12.[HH]. The van der Waals surface area contributed by atoms with Crippen LogP contribution in [-0.4, -0.2) is 37.7 Å². The van der Waals surface area contributed by atoms with Crippen LogP contribution in [0, 0.1) is 12.8 Å². The first kappa shape index (κ1) is 21.2. The van der Waals surface area contributed by atoms with Crippen LogP contribution in [-0.2, 0) is 11.3 Å². The first-order valence-corrected chi connectivity index (χ1v) is 11.4. The second-order valence-corrected chi connectivity index (χ2v) is 9.20. The molecular formula is C27H30N4O2. The normalized spacial score (nSPS) is 18.2. The lowest BCUT2D eigenvalue weighted by molar-refractivity contribution is -0.133. The van der Waals surface area contributed by atoms with Gasteiger partial charge in [0, 0.05) is 30.6 Å². The highest BCUT2D eigenvalue weighted by Gasteiger charge is 2.36. The quantitative estimate of drug-likeness (QED) is 0.421. The number of nitrogens with zero attached hydrogens (tertiary/aromatic N) is 3. The van der Waals surface area contributed by atoms with Gasteiger partial charge in [0.25, 0.3) is 0 Å². The number of para-hydroxylation sites is 1. The lowest BCUT2D eigenvalue weighted by Gasteiger charge is -2.23. The van der Waals surface area contributed by atoms with Crippen molar-refractivity contribution in [1.29, 1.82) is 0 Å². The predicted octanol–water partition coefficient (Wildman–Crippen LogP) is 5.40. The third-order valence-electron chi connectivity index (χ3n) is 6.54. The number of carbonyl (C=O) groups excluding carboxylic acids is 2. The third kappa shape index (κ3) is 3.97. The van der Waals surface area contributed by atoms with Crippen LogP contribution in [0.25, 0.3) is 22.2 Å². The summed E-state index contributed by atoms with van der Waals surface area (Å²) in [5, 5.41) is 0.887. The summed E-state index contributed by atoms with van der Waals surface area (Å²) in [5.74, 6) is 1.25. The number of benzene rings is 2. The second-order valence-electron chi connectivity index (χ2n) is 9.20. The number of amides is 1. The molecule has 0 bridgehead atoms. The van der Waals surface area contributed by atoms with Crippen LogP contribution in [0.1, 0.15) is 49.5 Å². The molecule has 170 valence electrons. The van der Waals surface area contributed by atoms with Crippen molar-refractivity contribution in [3.05, 3.63) is 77.9 Å². The van der Waals surface area contributed by atoms with Gasteiger partial charge in [0.15, 0.2) is 5.78 Å². The van der Waals surface area contributed by atoms with Crippen molar-refractivity contribution in [3.8, 4) is 11.3 Å². The molecule has 4 aromatic rings. The van der Waals surface area contributed by atoms with Crippen LogP contribution in [0.15, 0.2) is 60.9 Å². The van der Waals surface area contributed by atoms with Crippen molar-refractivity contribution in [2.24, 2.45) is 5.92 Å². The maximum Gasteiger partial charge on any atom is 0.243 e. The molecule has 1 N–H and O–H groups in total. The number of rotatable bonds is 5. The van der Waals surface area contributed by atoms with Crippen molar-refractivity contribution < 1.29 is 11.0 Å². The van der Waals surface area contributed by atoms with Crippen molar-refractivity contribution in [1.82, 2.24) is 19.4 Å². The number of nitrogens with one attached hydrogen (secondary N) is 1. The van der Waals surface area contributed by atoms with Gasteiger partial charge >= 0.3 is 0 Å². The van der Waals surface area contributed by atoms with Gasteiger partial charge in [-0.15, -0.1) is 0 Å². The topological polar surface area (TPSA) is 71.0 Å². The molecule has 1 unspecified atom stereocenters. The number of fused-ring (bicyclic) bond motifs is 1. The van der Waals surface area contributed by atoms with E-state index >= 15 is 0 Å². The molecule has 33 heavy (non-hydrogen) atoms. The van der Waals surface area contributed by atoms with Crippen LogP contribution >= 0.6 is 0 Å². The van der Waals surface area contributed by atoms with Crippen LogP contribution in [0.2, 0.25) is 0 Å². The minimum Gasteiger partial charge on any atom is -0.340 e. The number of aromatic nitrogens is 3. The Morgan fingerprint density at radius 3 is 2.79 bits per heavy atom. The van der Waals surface area contributed by atoms with Crippen LogP contribution in [0.4, 0.5) is 0 Å². The number of imidazole rings is 1. The Bertz CT molecular complexity index is 1360. The average Bonchev–Trinajstić information content (AvgIpc) is 3.51. The Morgan fingerprint density at radius 1 is 1.18 bits per heavy atom. The first-order valence-electron chi connectivity index (χ1n) is 11.4. The van der Waals surface area contributed by atoms with Gasteiger partial charge in [-0.1, -0.05) is 48.9 Å². The van der Waals surface area contributed by atoms with E-state index in [1.165, 1.54) is 5.56 Å². The molecule has 1 aliphatic rings. The van der Waals surface area contributed by atoms with Gasteiger partial charge in [0.1, 0.15) is 12.4 Å². The van der Waals surface area contributed by atoms with E-state index in [0.29, 0.717) is 18.0 Å². The molecule has 1 amide bonds. The Labute approximate surface area is 194 Å². The van der Waals surface area contributed by atoms with Gasteiger partial charge in [-0.2, -0.15) is 0 Å². The molecule has 2 aromatic heterocycles. The summed E-state index contributed by atoms with van der Waals surface area (Å²) in [6.07, 6.45) is 4.54. The fourth-order valence-electron chi connectivity index (χ4n) is 4.94. The first-order chi connectivity index (χ1) is 15.9. The predicted molar refractivity (Wildman–Crippen MR) is 131 cm³/mol. The fourth-order valence-corrected chi connectivity index (χ4v) is 4.94. The van der Waals surface area contributed by atoms with E-state index in [-0.39, 0.29) is 25.7 Å². The minimum absolute atomic E-state index is 0. The molecule has 2 aromatic carbocycles. The molecule has 5 rings (SSSR count).